The second-order valence-electron chi connectivity index (χ2n) is 2.67. The van der Waals surface area contributed by atoms with Gasteiger partial charge in [-0.3, -0.25) is 0 Å². The number of rotatable bonds is 1. The predicted molar refractivity (Wildman–Crippen MR) is 43.1 cm³/mol. The Morgan fingerprint density at radius 1 is 1.47 bits per heavy atom. The van der Waals surface area contributed by atoms with Crippen molar-refractivity contribution in [2.24, 2.45) is 0 Å². The van der Waals surface area contributed by atoms with E-state index in [9.17, 15) is 18.0 Å². The van der Waals surface area contributed by atoms with E-state index < -0.39 is 23.4 Å². The summed E-state index contributed by atoms with van der Waals surface area (Å²) in [4.78, 5) is 17.7. The number of methoxy groups -OCH3 is 1. The maximum Gasteiger partial charge on any atom is 0.434 e. The summed E-state index contributed by atoms with van der Waals surface area (Å²) in [6.45, 7) is 1.30. The Morgan fingerprint density at radius 2 is 2.07 bits per heavy atom. The van der Waals surface area contributed by atoms with E-state index in [0.717, 1.165) is 13.3 Å². The van der Waals surface area contributed by atoms with E-state index in [1.54, 1.807) is 0 Å². The highest BCUT2D eigenvalue weighted by Gasteiger charge is 2.38. The van der Waals surface area contributed by atoms with Gasteiger partial charge in [-0.25, -0.2) is 14.8 Å². The number of hydrogen-bond donors (Lipinski definition) is 0. The highest BCUT2D eigenvalue weighted by atomic mass is 19.4. The number of hydrogen-bond acceptors (Lipinski definition) is 4. The Morgan fingerprint density at radius 3 is 2.53 bits per heavy atom. The van der Waals surface area contributed by atoms with E-state index >= 15 is 0 Å². The Labute approximate surface area is 83.1 Å². The topological polar surface area (TPSA) is 52.1 Å². The molecule has 0 saturated carbocycles. The number of alkyl halides is 3. The summed E-state index contributed by atoms with van der Waals surface area (Å²) in [5, 5.41) is 0. The van der Waals surface area contributed by atoms with Crippen molar-refractivity contribution < 1.29 is 22.7 Å². The van der Waals surface area contributed by atoms with Crippen LogP contribution in [0.2, 0.25) is 0 Å². The number of ether oxygens (including phenoxy) is 1. The molecule has 0 fully saturated rings. The SMILES string of the molecule is COC(=O)c1cnc(C)nc1C(F)(F)F. The molecule has 0 bridgehead atoms. The van der Waals surface area contributed by atoms with E-state index in [1.165, 1.54) is 6.92 Å². The Hall–Kier alpha value is -1.66. The van der Waals surface area contributed by atoms with Gasteiger partial charge in [0.2, 0.25) is 0 Å². The molecule has 0 aliphatic carbocycles. The summed E-state index contributed by atoms with van der Waals surface area (Å²) in [6.07, 6.45) is -3.89. The lowest BCUT2D eigenvalue weighted by molar-refractivity contribution is -0.141. The molecule has 4 nitrogen and oxygen atoms in total. The van der Waals surface area contributed by atoms with E-state index in [4.69, 9.17) is 0 Å². The monoisotopic (exact) mass is 220 g/mol. The van der Waals surface area contributed by atoms with Gasteiger partial charge in [0, 0.05) is 6.20 Å². The molecule has 0 atom stereocenters. The van der Waals surface area contributed by atoms with Gasteiger partial charge in [-0.2, -0.15) is 13.2 Å². The van der Waals surface area contributed by atoms with Crippen LogP contribution in [0, 0.1) is 6.92 Å². The number of halogens is 3. The molecule has 82 valence electrons. The fourth-order valence-electron chi connectivity index (χ4n) is 0.945. The molecule has 7 heteroatoms. The zero-order valence-corrected chi connectivity index (χ0v) is 7.92. The molecule has 0 unspecified atom stereocenters. The lowest BCUT2D eigenvalue weighted by atomic mass is 10.2. The molecule has 0 aliphatic heterocycles. The standard InChI is InChI=1S/C8H7F3N2O2/c1-4-12-3-5(7(14)15-2)6(13-4)8(9,10)11/h3H,1-2H3. The summed E-state index contributed by atoms with van der Waals surface area (Å²) < 4.78 is 41.5. The molecule has 0 N–H and O–H groups in total. The lowest BCUT2D eigenvalue weighted by Gasteiger charge is -2.09. The maximum atomic E-state index is 12.4. The van der Waals surface area contributed by atoms with Crippen LogP contribution in [0.15, 0.2) is 6.20 Å². The number of aryl methyl sites for hydroxylation is 1. The molecule has 1 aromatic rings. The van der Waals surface area contributed by atoms with Crippen molar-refractivity contribution in [3.05, 3.63) is 23.3 Å². The van der Waals surface area contributed by atoms with Gasteiger partial charge in [0.15, 0.2) is 5.69 Å². The van der Waals surface area contributed by atoms with Gasteiger partial charge in [-0.1, -0.05) is 0 Å². The van der Waals surface area contributed by atoms with Gasteiger partial charge in [0.25, 0.3) is 0 Å². The summed E-state index contributed by atoms with van der Waals surface area (Å²) in [6, 6.07) is 0. The Bertz CT molecular complexity index is 390. The Kier molecular flexibility index (Phi) is 2.92. The molecular formula is C8H7F3N2O2. The largest absolute Gasteiger partial charge is 0.465 e. The summed E-state index contributed by atoms with van der Waals surface area (Å²) in [5.74, 6) is -1.17. The molecule has 0 radical (unpaired) electrons. The lowest BCUT2D eigenvalue weighted by Crippen LogP contribution is -2.17. The molecular weight excluding hydrogens is 213 g/mol. The van der Waals surface area contributed by atoms with Crippen LogP contribution in [0.1, 0.15) is 21.9 Å². The van der Waals surface area contributed by atoms with Crippen LogP contribution in [0.4, 0.5) is 13.2 Å². The van der Waals surface area contributed by atoms with Gasteiger partial charge in [0.1, 0.15) is 11.4 Å². The fourth-order valence-corrected chi connectivity index (χ4v) is 0.945. The molecule has 0 spiro atoms. The first-order chi connectivity index (χ1) is 6.86. The average molecular weight is 220 g/mol. The molecule has 0 aliphatic rings. The number of carbonyl (C=O) groups is 1. The average Bonchev–Trinajstić information content (AvgIpc) is 2.15. The number of esters is 1. The van der Waals surface area contributed by atoms with Crippen LogP contribution in [-0.4, -0.2) is 23.0 Å². The van der Waals surface area contributed by atoms with Crippen molar-refractivity contribution in [1.29, 1.82) is 0 Å². The van der Waals surface area contributed by atoms with Crippen LogP contribution in [0.3, 0.4) is 0 Å². The van der Waals surface area contributed by atoms with Crippen molar-refractivity contribution in [1.82, 2.24) is 9.97 Å². The van der Waals surface area contributed by atoms with Crippen molar-refractivity contribution in [3.8, 4) is 0 Å². The minimum atomic E-state index is -4.70. The third-order valence-corrected chi connectivity index (χ3v) is 1.58. The molecule has 0 saturated heterocycles. The summed E-state index contributed by atoms with van der Waals surface area (Å²) in [7, 11) is 0.988. The smallest absolute Gasteiger partial charge is 0.434 e. The molecule has 15 heavy (non-hydrogen) atoms. The van der Waals surface area contributed by atoms with Crippen molar-refractivity contribution >= 4 is 5.97 Å². The van der Waals surface area contributed by atoms with Crippen molar-refractivity contribution in [2.45, 2.75) is 13.1 Å². The van der Waals surface area contributed by atoms with Gasteiger partial charge >= 0.3 is 12.1 Å². The van der Waals surface area contributed by atoms with E-state index in [2.05, 4.69) is 14.7 Å². The molecule has 1 heterocycles. The molecule has 1 rings (SSSR count). The summed E-state index contributed by atoms with van der Waals surface area (Å²) >= 11 is 0. The number of carbonyl (C=O) groups excluding carboxylic acids is 1. The van der Waals surface area contributed by atoms with E-state index in [1.807, 2.05) is 0 Å². The van der Waals surface area contributed by atoms with Crippen LogP contribution in [-0.2, 0) is 10.9 Å². The summed E-state index contributed by atoms with van der Waals surface area (Å²) in [5.41, 5.74) is -1.96. The normalized spacial score (nSPS) is 11.3. The van der Waals surface area contributed by atoms with Gasteiger partial charge in [-0.05, 0) is 6.92 Å². The van der Waals surface area contributed by atoms with Gasteiger partial charge < -0.3 is 4.74 Å². The third-order valence-electron chi connectivity index (χ3n) is 1.58. The van der Waals surface area contributed by atoms with Gasteiger partial charge in [-0.15, -0.1) is 0 Å². The highest BCUT2D eigenvalue weighted by Crippen LogP contribution is 2.30. The van der Waals surface area contributed by atoms with Crippen LogP contribution in [0.25, 0.3) is 0 Å². The zero-order chi connectivity index (χ0) is 11.6. The van der Waals surface area contributed by atoms with Gasteiger partial charge in [0.05, 0.1) is 7.11 Å². The quantitative estimate of drug-likeness (QED) is 0.674. The first-order valence-electron chi connectivity index (χ1n) is 3.85. The van der Waals surface area contributed by atoms with E-state index in [-0.39, 0.29) is 5.82 Å². The third kappa shape index (κ3) is 2.42. The molecule has 0 aromatic carbocycles. The maximum absolute atomic E-state index is 12.4. The number of aromatic nitrogens is 2. The van der Waals surface area contributed by atoms with Crippen LogP contribution < -0.4 is 0 Å². The molecule has 0 amide bonds. The minimum Gasteiger partial charge on any atom is -0.465 e. The zero-order valence-electron chi connectivity index (χ0n) is 7.92. The number of nitrogens with zero attached hydrogens (tertiary/aromatic N) is 2. The van der Waals surface area contributed by atoms with Crippen molar-refractivity contribution in [2.75, 3.05) is 7.11 Å². The second-order valence-corrected chi connectivity index (χ2v) is 2.67. The van der Waals surface area contributed by atoms with Crippen LogP contribution in [0.5, 0.6) is 0 Å². The first kappa shape index (κ1) is 11.4. The second kappa shape index (κ2) is 3.84. The Balaban J connectivity index is 3.33. The fraction of sp³-hybridized carbons (Fsp3) is 0.375. The molecule has 1 aromatic heterocycles. The van der Waals surface area contributed by atoms with E-state index in [0.29, 0.717) is 0 Å². The minimum absolute atomic E-state index is 0.0602. The van der Waals surface area contributed by atoms with Crippen LogP contribution >= 0.6 is 0 Å². The predicted octanol–water partition coefficient (Wildman–Crippen LogP) is 1.59. The first-order valence-corrected chi connectivity index (χ1v) is 3.85. The van der Waals surface area contributed by atoms with Crippen molar-refractivity contribution in [3.63, 3.8) is 0 Å². The highest BCUT2D eigenvalue weighted by molar-refractivity contribution is 5.90.